The van der Waals surface area contributed by atoms with Crippen LogP contribution in [-0.2, 0) is 14.3 Å². The third-order valence-corrected chi connectivity index (χ3v) is 5.00. The first-order chi connectivity index (χ1) is 15.2. The molecule has 0 aliphatic heterocycles. The molecule has 2 aromatic carbocycles. The molecule has 0 aliphatic carbocycles. The van der Waals surface area contributed by atoms with E-state index in [2.05, 4.69) is 15.0 Å². The van der Waals surface area contributed by atoms with Crippen LogP contribution < -0.4 is 5.32 Å². The molecule has 0 saturated carbocycles. The number of rotatable bonds is 6. The smallest absolute Gasteiger partial charge is 0.411 e. The molecule has 8 nitrogen and oxygen atoms in total. The van der Waals surface area contributed by atoms with E-state index < -0.39 is 18.0 Å². The van der Waals surface area contributed by atoms with Gasteiger partial charge in [0.2, 0.25) is 0 Å². The van der Waals surface area contributed by atoms with E-state index >= 15 is 0 Å². The SMILES string of the molecule is CCOC(=O)c1[nH]c2cc(Cl)cc(Cl)c2c1C=C(C(=O)O)c1ccc(NC(=O)OC)cc1. The van der Waals surface area contributed by atoms with Gasteiger partial charge in [-0.25, -0.2) is 14.4 Å². The first-order valence-electron chi connectivity index (χ1n) is 9.33. The lowest BCUT2D eigenvalue weighted by Crippen LogP contribution is -2.10. The van der Waals surface area contributed by atoms with Gasteiger partial charge >= 0.3 is 18.0 Å². The number of anilines is 1. The highest BCUT2D eigenvalue weighted by Gasteiger charge is 2.22. The van der Waals surface area contributed by atoms with Crippen molar-refractivity contribution in [2.45, 2.75) is 6.92 Å². The minimum absolute atomic E-state index is 0.0498. The molecule has 0 atom stereocenters. The maximum absolute atomic E-state index is 12.5. The van der Waals surface area contributed by atoms with Gasteiger partial charge in [0.25, 0.3) is 0 Å². The maximum atomic E-state index is 12.5. The van der Waals surface area contributed by atoms with Crippen LogP contribution >= 0.6 is 23.2 Å². The molecule has 1 aromatic heterocycles. The van der Waals surface area contributed by atoms with Crippen molar-refractivity contribution in [3.63, 3.8) is 0 Å². The molecule has 3 N–H and O–H groups in total. The minimum atomic E-state index is -1.23. The number of carbonyl (C=O) groups excluding carboxylic acids is 2. The van der Waals surface area contributed by atoms with Crippen LogP contribution in [0.1, 0.15) is 28.5 Å². The molecule has 10 heteroatoms. The normalized spacial score (nSPS) is 11.3. The Kier molecular flexibility index (Phi) is 7.07. The zero-order chi connectivity index (χ0) is 23.4. The number of nitrogens with one attached hydrogen (secondary N) is 2. The highest BCUT2D eigenvalue weighted by atomic mass is 35.5. The molecule has 32 heavy (non-hydrogen) atoms. The number of hydrogen-bond donors (Lipinski definition) is 3. The Morgan fingerprint density at radius 1 is 1.16 bits per heavy atom. The highest BCUT2D eigenvalue weighted by molar-refractivity contribution is 6.39. The van der Waals surface area contributed by atoms with Gasteiger partial charge in [-0.2, -0.15) is 0 Å². The van der Waals surface area contributed by atoms with Crippen molar-refractivity contribution in [1.82, 2.24) is 4.98 Å². The van der Waals surface area contributed by atoms with Crippen LogP contribution in [0.5, 0.6) is 0 Å². The van der Waals surface area contributed by atoms with E-state index in [-0.39, 0.29) is 28.5 Å². The van der Waals surface area contributed by atoms with Crippen LogP contribution in [0.2, 0.25) is 10.0 Å². The fraction of sp³-hybridized carbons (Fsp3) is 0.136. The number of aromatic nitrogens is 1. The third-order valence-electron chi connectivity index (χ3n) is 4.48. The Labute approximate surface area is 192 Å². The van der Waals surface area contributed by atoms with Crippen LogP contribution in [0, 0.1) is 0 Å². The van der Waals surface area contributed by atoms with Gasteiger partial charge in [-0.15, -0.1) is 0 Å². The van der Waals surface area contributed by atoms with Gasteiger partial charge in [-0.3, -0.25) is 5.32 Å². The second-order valence-corrected chi connectivity index (χ2v) is 7.35. The summed E-state index contributed by atoms with van der Waals surface area (Å²) in [4.78, 5) is 38.9. The van der Waals surface area contributed by atoms with Gasteiger partial charge in [-0.1, -0.05) is 35.3 Å². The number of carboxylic acid groups (broad SMARTS) is 1. The molecular formula is C22H18Cl2N2O6. The minimum Gasteiger partial charge on any atom is -0.478 e. The summed E-state index contributed by atoms with van der Waals surface area (Å²) in [7, 11) is 1.23. The summed E-state index contributed by atoms with van der Waals surface area (Å²) < 4.78 is 9.64. The van der Waals surface area contributed by atoms with Crippen molar-refractivity contribution in [2.24, 2.45) is 0 Å². The zero-order valence-electron chi connectivity index (χ0n) is 17.0. The Balaban J connectivity index is 2.17. The van der Waals surface area contributed by atoms with Gasteiger partial charge in [0.15, 0.2) is 0 Å². The Morgan fingerprint density at radius 3 is 2.44 bits per heavy atom. The molecule has 0 spiro atoms. The second-order valence-electron chi connectivity index (χ2n) is 6.50. The first kappa shape index (κ1) is 23.2. The van der Waals surface area contributed by atoms with Crippen LogP contribution in [0.4, 0.5) is 10.5 Å². The largest absolute Gasteiger partial charge is 0.478 e. The molecule has 0 unspecified atom stereocenters. The number of methoxy groups -OCH3 is 1. The molecule has 1 amide bonds. The number of aromatic amines is 1. The molecule has 0 bridgehead atoms. The number of carboxylic acids is 1. The lowest BCUT2D eigenvalue weighted by atomic mass is 10.0. The molecular weight excluding hydrogens is 459 g/mol. The lowest BCUT2D eigenvalue weighted by molar-refractivity contribution is -0.130. The van der Waals surface area contributed by atoms with E-state index in [1.165, 1.54) is 43.5 Å². The number of aliphatic carboxylic acids is 1. The summed E-state index contributed by atoms with van der Waals surface area (Å²) in [5, 5.41) is 13.4. The van der Waals surface area contributed by atoms with Crippen molar-refractivity contribution in [3.05, 3.63) is 63.3 Å². The van der Waals surface area contributed by atoms with Gasteiger partial charge in [0, 0.05) is 27.2 Å². The number of fused-ring (bicyclic) bond motifs is 1. The molecule has 1 heterocycles. The Hall–Kier alpha value is -3.49. The predicted octanol–water partition coefficient (Wildman–Crippen LogP) is 5.45. The summed E-state index contributed by atoms with van der Waals surface area (Å²) in [5.41, 5.74) is 1.42. The summed E-state index contributed by atoms with van der Waals surface area (Å²) >= 11 is 12.4. The number of esters is 1. The number of benzene rings is 2. The van der Waals surface area contributed by atoms with Crippen LogP contribution in [0.15, 0.2) is 36.4 Å². The summed E-state index contributed by atoms with van der Waals surface area (Å²) in [5.74, 6) is -1.89. The fourth-order valence-corrected chi connectivity index (χ4v) is 3.69. The molecule has 0 fully saturated rings. The van der Waals surface area contributed by atoms with Crippen LogP contribution in [0.25, 0.3) is 22.6 Å². The average Bonchev–Trinajstić information content (AvgIpc) is 3.11. The van der Waals surface area contributed by atoms with E-state index in [1.54, 1.807) is 13.0 Å². The highest BCUT2D eigenvalue weighted by Crippen LogP contribution is 2.35. The van der Waals surface area contributed by atoms with Crippen LogP contribution in [0.3, 0.4) is 0 Å². The van der Waals surface area contributed by atoms with E-state index in [9.17, 15) is 19.5 Å². The Bertz CT molecular complexity index is 1230. The van der Waals surface area contributed by atoms with Crippen molar-refractivity contribution < 1.29 is 29.0 Å². The lowest BCUT2D eigenvalue weighted by Gasteiger charge is -2.08. The summed E-state index contributed by atoms with van der Waals surface area (Å²) in [6.45, 7) is 1.79. The number of carbonyl (C=O) groups is 3. The zero-order valence-corrected chi connectivity index (χ0v) is 18.5. The van der Waals surface area contributed by atoms with Gasteiger partial charge in [0.05, 0.1) is 24.3 Å². The quantitative estimate of drug-likeness (QED) is 0.321. The molecule has 0 aliphatic rings. The Morgan fingerprint density at radius 2 is 1.84 bits per heavy atom. The fourth-order valence-electron chi connectivity index (χ4n) is 3.10. The molecule has 166 valence electrons. The van der Waals surface area contributed by atoms with E-state index in [4.69, 9.17) is 27.9 Å². The average molecular weight is 477 g/mol. The second kappa shape index (κ2) is 9.76. The molecule has 0 radical (unpaired) electrons. The van der Waals surface area contributed by atoms with E-state index in [0.717, 1.165) is 0 Å². The van der Waals surface area contributed by atoms with Crippen molar-refractivity contribution in [3.8, 4) is 0 Å². The summed E-state index contributed by atoms with van der Waals surface area (Å²) in [6.07, 6.45) is 0.689. The molecule has 0 saturated heterocycles. The number of H-pyrrole nitrogens is 1. The number of amides is 1. The van der Waals surface area contributed by atoms with E-state index in [0.29, 0.717) is 27.2 Å². The van der Waals surface area contributed by atoms with Gasteiger partial charge in [-0.05, 0) is 42.8 Å². The van der Waals surface area contributed by atoms with Crippen LogP contribution in [-0.4, -0.2) is 41.8 Å². The first-order valence-corrected chi connectivity index (χ1v) is 10.1. The third kappa shape index (κ3) is 4.87. The summed E-state index contributed by atoms with van der Waals surface area (Å²) in [6, 6.07) is 9.16. The van der Waals surface area contributed by atoms with Crippen molar-refractivity contribution in [1.29, 1.82) is 0 Å². The van der Waals surface area contributed by atoms with Crippen molar-refractivity contribution >= 4 is 69.5 Å². The topological polar surface area (TPSA) is 118 Å². The molecule has 3 rings (SSSR count). The monoisotopic (exact) mass is 476 g/mol. The standard InChI is InChI=1S/C22H18Cl2N2O6/c1-3-32-21(29)19-15(18-16(24)8-12(23)9-17(18)26-19)10-14(20(27)28)11-4-6-13(7-5-11)25-22(30)31-2/h4-10,26H,3H2,1-2H3,(H,25,30)(H,27,28). The van der Waals surface area contributed by atoms with Crippen molar-refractivity contribution in [2.75, 3.05) is 19.0 Å². The number of hydrogen-bond acceptors (Lipinski definition) is 5. The number of halogens is 2. The van der Waals surface area contributed by atoms with Gasteiger partial charge in [0.1, 0.15) is 5.69 Å². The van der Waals surface area contributed by atoms with Gasteiger partial charge < -0.3 is 19.6 Å². The predicted molar refractivity (Wildman–Crippen MR) is 122 cm³/mol. The molecule has 3 aromatic rings. The van der Waals surface area contributed by atoms with E-state index in [1.807, 2.05) is 0 Å². The number of ether oxygens (including phenoxy) is 2. The maximum Gasteiger partial charge on any atom is 0.411 e.